The van der Waals surface area contributed by atoms with Gasteiger partial charge in [-0.05, 0) is 44.2 Å². The summed E-state index contributed by atoms with van der Waals surface area (Å²) in [4.78, 5) is 24.3. The van der Waals surface area contributed by atoms with E-state index in [2.05, 4.69) is 15.5 Å². The van der Waals surface area contributed by atoms with Crippen LogP contribution in [0.2, 0.25) is 10.0 Å². The average molecular weight is 452 g/mol. The molecule has 10 heteroatoms. The second-order valence-corrected chi connectivity index (χ2v) is 6.66. The van der Waals surface area contributed by atoms with E-state index < -0.39 is 11.9 Å². The number of carbonyl (C=O) groups is 2. The zero-order valence-corrected chi connectivity index (χ0v) is 17.9. The molecular formula is C20H19Cl2N3O5. The number of nitrogens with one attached hydrogen (secondary N) is 1. The fraction of sp³-hybridized carbons (Fsp3) is 0.200. The van der Waals surface area contributed by atoms with Crippen LogP contribution in [0.15, 0.2) is 58.1 Å². The Hall–Kier alpha value is -3.10. The van der Waals surface area contributed by atoms with Crippen LogP contribution in [-0.4, -0.2) is 30.7 Å². The van der Waals surface area contributed by atoms with Gasteiger partial charge in [0, 0.05) is 16.7 Å². The first-order valence-corrected chi connectivity index (χ1v) is 9.45. The van der Waals surface area contributed by atoms with Gasteiger partial charge >= 0.3 is 5.97 Å². The third-order valence-electron chi connectivity index (χ3n) is 3.69. The van der Waals surface area contributed by atoms with Crippen molar-refractivity contribution >= 4 is 46.5 Å². The number of ether oxygens (including phenoxy) is 2. The molecule has 2 aromatic rings. The van der Waals surface area contributed by atoms with Crippen LogP contribution in [0.3, 0.4) is 0 Å². The van der Waals surface area contributed by atoms with E-state index in [0.29, 0.717) is 10.6 Å². The van der Waals surface area contributed by atoms with Crippen molar-refractivity contribution < 1.29 is 24.2 Å². The lowest BCUT2D eigenvalue weighted by Gasteiger charge is -2.11. The van der Waals surface area contributed by atoms with Crippen LogP contribution in [0.5, 0.6) is 5.75 Å². The van der Waals surface area contributed by atoms with Gasteiger partial charge in [-0.1, -0.05) is 23.2 Å². The Morgan fingerprint density at radius 3 is 2.40 bits per heavy atom. The quantitative estimate of drug-likeness (QED) is 0.243. The summed E-state index contributed by atoms with van der Waals surface area (Å²) < 4.78 is 10.1. The minimum absolute atomic E-state index is 0.113. The molecule has 0 aliphatic rings. The van der Waals surface area contributed by atoms with Gasteiger partial charge in [-0.15, -0.1) is 10.2 Å². The molecule has 2 rings (SSSR count). The maximum atomic E-state index is 12.4. The van der Waals surface area contributed by atoms with Crippen LogP contribution in [-0.2, 0) is 9.53 Å². The number of hydrogen-bond donors (Lipinski definition) is 2. The Bertz CT molecular complexity index is 1000. The molecule has 0 atom stereocenters. The van der Waals surface area contributed by atoms with Crippen molar-refractivity contribution in [2.24, 2.45) is 10.2 Å². The molecule has 0 spiro atoms. The first-order chi connectivity index (χ1) is 14.3. The van der Waals surface area contributed by atoms with Gasteiger partial charge in [0.15, 0.2) is 0 Å². The molecule has 0 aliphatic heterocycles. The summed E-state index contributed by atoms with van der Waals surface area (Å²) >= 11 is 12.1. The third kappa shape index (κ3) is 5.95. The molecule has 0 fully saturated rings. The van der Waals surface area contributed by atoms with E-state index >= 15 is 0 Å². The number of allylic oxidation sites excluding steroid dienone is 1. The number of nitrogens with zero attached hydrogens (tertiary/aromatic N) is 2. The van der Waals surface area contributed by atoms with Gasteiger partial charge in [0.1, 0.15) is 17.2 Å². The number of benzene rings is 2. The molecule has 0 radical (unpaired) electrons. The van der Waals surface area contributed by atoms with Crippen molar-refractivity contribution in [1.29, 1.82) is 0 Å². The third-order valence-corrected chi connectivity index (χ3v) is 4.26. The standard InChI is InChI=1S/C20H19Cl2N3O5/c1-4-30-20(28)18(11(2)26)25-24-16-9-14(22)15(10-17(16)29-3)23-19(27)12-5-7-13(21)8-6-12/h5-10,26H,4H2,1-3H3,(H,23,27)/b18-11-,25-24?. The highest BCUT2D eigenvalue weighted by Crippen LogP contribution is 2.37. The fourth-order valence-corrected chi connectivity index (χ4v) is 2.57. The second-order valence-electron chi connectivity index (χ2n) is 5.82. The van der Waals surface area contributed by atoms with Gasteiger partial charge in [0.25, 0.3) is 5.91 Å². The SMILES string of the molecule is CCOC(=O)/C(N=Nc1cc(Cl)c(NC(=O)c2ccc(Cl)cc2)cc1OC)=C(\C)O. The number of anilines is 1. The van der Waals surface area contributed by atoms with Crippen LogP contribution >= 0.6 is 23.2 Å². The highest BCUT2D eigenvalue weighted by molar-refractivity contribution is 6.34. The molecule has 2 aromatic carbocycles. The van der Waals surface area contributed by atoms with Crippen molar-refractivity contribution in [2.75, 3.05) is 19.0 Å². The number of amides is 1. The number of aliphatic hydroxyl groups excluding tert-OH is 1. The molecule has 1 amide bonds. The summed E-state index contributed by atoms with van der Waals surface area (Å²) in [7, 11) is 1.40. The van der Waals surface area contributed by atoms with E-state index in [1.54, 1.807) is 31.2 Å². The smallest absolute Gasteiger partial charge is 0.362 e. The molecule has 0 aliphatic carbocycles. The summed E-state index contributed by atoms with van der Waals surface area (Å²) in [6.07, 6.45) is 0. The lowest BCUT2D eigenvalue weighted by atomic mass is 10.2. The van der Waals surface area contributed by atoms with Gasteiger partial charge in [-0.25, -0.2) is 4.79 Å². The van der Waals surface area contributed by atoms with Crippen molar-refractivity contribution in [3.05, 3.63) is 63.5 Å². The van der Waals surface area contributed by atoms with E-state index in [-0.39, 0.29) is 40.2 Å². The molecule has 2 N–H and O–H groups in total. The summed E-state index contributed by atoms with van der Waals surface area (Å²) in [6, 6.07) is 9.21. The van der Waals surface area contributed by atoms with Crippen LogP contribution in [0.25, 0.3) is 0 Å². The lowest BCUT2D eigenvalue weighted by molar-refractivity contribution is -0.138. The summed E-state index contributed by atoms with van der Waals surface area (Å²) in [5, 5.41) is 20.7. The van der Waals surface area contributed by atoms with Crippen LogP contribution in [0.1, 0.15) is 24.2 Å². The maximum absolute atomic E-state index is 12.4. The van der Waals surface area contributed by atoms with E-state index in [9.17, 15) is 14.7 Å². The topological polar surface area (TPSA) is 110 Å². The molecule has 158 valence electrons. The molecule has 0 heterocycles. The van der Waals surface area contributed by atoms with Gasteiger partial charge in [0.2, 0.25) is 5.70 Å². The summed E-state index contributed by atoms with van der Waals surface area (Å²) in [6.45, 7) is 3.02. The van der Waals surface area contributed by atoms with E-state index in [1.807, 2.05) is 0 Å². The van der Waals surface area contributed by atoms with Crippen molar-refractivity contribution in [3.8, 4) is 5.75 Å². The summed E-state index contributed by atoms with van der Waals surface area (Å²) in [5.41, 5.74) is 0.498. The molecular weight excluding hydrogens is 433 g/mol. The van der Waals surface area contributed by atoms with E-state index in [1.165, 1.54) is 26.2 Å². The molecule has 30 heavy (non-hydrogen) atoms. The molecule has 8 nitrogen and oxygen atoms in total. The van der Waals surface area contributed by atoms with Crippen molar-refractivity contribution in [3.63, 3.8) is 0 Å². The number of esters is 1. The number of azo groups is 1. The van der Waals surface area contributed by atoms with Crippen molar-refractivity contribution in [1.82, 2.24) is 0 Å². The van der Waals surface area contributed by atoms with Crippen LogP contribution < -0.4 is 10.1 Å². The summed E-state index contributed by atoms with van der Waals surface area (Å²) in [5.74, 6) is -1.34. The molecule has 0 saturated carbocycles. The normalized spacial score (nSPS) is 11.8. The number of rotatable bonds is 7. The Labute approximate surface area is 183 Å². The predicted molar refractivity (Wildman–Crippen MR) is 114 cm³/mol. The average Bonchev–Trinajstić information content (AvgIpc) is 2.70. The van der Waals surface area contributed by atoms with Gasteiger partial charge in [-0.2, -0.15) is 0 Å². The van der Waals surface area contributed by atoms with Gasteiger partial charge in [0.05, 0.1) is 24.4 Å². The fourth-order valence-electron chi connectivity index (χ4n) is 2.24. The molecule has 0 unspecified atom stereocenters. The first kappa shape index (κ1) is 23.2. The minimum Gasteiger partial charge on any atom is -0.510 e. The number of halogens is 2. The van der Waals surface area contributed by atoms with Gasteiger partial charge < -0.3 is 19.9 Å². The zero-order valence-electron chi connectivity index (χ0n) is 16.4. The largest absolute Gasteiger partial charge is 0.510 e. The predicted octanol–water partition coefficient (Wildman–Crippen LogP) is 5.69. The highest BCUT2D eigenvalue weighted by atomic mass is 35.5. The minimum atomic E-state index is -0.821. The Kier molecular flexibility index (Phi) is 8.20. The number of hydrogen-bond acceptors (Lipinski definition) is 7. The Balaban J connectivity index is 2.31. The van der Waals surface area contributed by atoms with Crippen LogP contribution in [0, 0.1) is 0 Å². The van der Waals surface area contributed by atoms with E-state index in [0.717, 1.165) is 0 Å². The lowest BCUT2D eigenvalue weighted by Crippen LogP contribution is -2.12. The number of aliphatic hydroxyl groups is 1. The molecule has 0 bridgehead atoms. The maximum Gasteiger partial charge on any atom is 0.362 e. The number of methoxy groups -OCH3 is 1. The zero-order chi connectivity index (χ0) is 22.3. The first-order valence-electron chi connectivity index (χ1n) is 8.70. The highest BCUT2D eigenvalue weighted by Gasteiger charge is 2.16. The van der Waals surface area contributed by atoms with Crippen molar-refractivity contribution in [2.45, 2.75) is 13.8 Å². The second kappa shape index (κ2) is 10.6. The van der Waals surface area contributed by atoms with E-state index in [4.69, 9.17) is 32.7 Å². The van der Waals surface area contributed by atoms with Gasteiger partial charge in [-0.3, -0.25) is 4.79 Å². The monoisotopic (exact) mass is 451 g/mol. The number of carbonyl (C=O) groups excluding carboxylic acids is 2. The molecule has 0 saturated heterocycles. The molecule has 0 aromatic heterocycles. The van der Waals surface area contributed by atoms with Crippen LogP contribution in [0.4, 0.5) is 11.4 Å². The Morgan fingerprint density at radius 2 is 1.83 bits per heavy atom. The Morgan fingerprint density at radius 1 is 1.17 bits per heavy atom.